The zero-order valence-corrected chi connectivity index (χ0v) is 13.6. The smallest absolute Gasteiger partial charge is 0.137 e. The second kappa shape index (κ2) is 6.15. The minimum absolute atomic E-state index is 0.177. The van der Waals surface area contributed by atoms with Gasteiger partial charge in [-0.3, -0.25) is 0 Å². The molecule has 1 heterocycles. The fourth-order valence-corrected chi connectivity index (χ4v) is 4.07. The van der Waals surface area contributed by atoms with Gasteiger partial charge in [-0.15, -0.1) is 0 Å². The van der Waals surface area contributed by atoms with Gasteiger partial charge in [0.2, 0.25) is 0 Å². The zero-order valence-electron chi connectivity index (χ0n) is 12.8. The van der Waals surface area contributed by atoms with Gasteiger partial charge in [0, 0.05) is 30.2 Å². The summed E-state index contributed by atoms with van der Waals surface area (Å²) in [4.78, 5) is 0. The van der Waals surface area contributed by atoms with E-state index in [4.69, 9.17) is 21.1 Å². The maximum absolute atomic E-state index is 6.47. The van der Waals surface area contributed by atoms with Crippen LogP contribution in [0.1, 0.15) is 50.6 Å². The minimum atomic E-state index is -0.194. The Morgan fingerprint density at radius 1 is 1.43 bits per heavy atom. The zero-order chi connectivity index (χ0) is 14.9. The van der Waals surface area contributed by atoms with Crippen molar-refractivity contribution in [3.8, 4) is 5.75 Å². The highest BCUT2D eigenvalue weighted by atomic mass is 35.5. The molecule has 3 nitrogen and oxygen atoms in total. The molecule has 1 aromatic rings. The molecule has 21 heavy (non-hydrogen) atoms. The molecular weight excluding hydrogens is 286 g/mol. The molecule has 3 atom stereocenters. The molecule has 0 amide bonds. The van der Waals surface area contributed by atoms with Crippen LogP contribution in [0, 0.1) is 0 Å². The lowest BCUT2D eigenvalue weighted by atomic mass is 9.75. The number of methoxy groups -OCH3 is 1. The molecule has 0 radical (unpaired) electrons. The summed E-state index contributed by atoms with van der Waals surface area (Å²) in [6.07, 6.45) is 5.71. The van der Waals surface area contributed by atoms with Crippen LogP contribution >= 0.6 is 11.6 Å². The number of nitrogens with one attached hydrogen (secondary N) is 1. The van der Waals surface area contributed by atoms with Crippen LogP contribution in [0.2, 0.25) is 5.02 Å². The molecule has 0 bridgehead atoms. The van der Waals surface area contributed by atoms with Gasteiger partial charge in [0.05, 0.1) is 6.10 Å². The Bertz CT molecular complexity index is 508. The van der Waals surface area contributed by atoms with Gasteiger partial charge >= 0.3 is 0 Å². The van der Waals surface area contributed by atoms with Crippen molar-refractivity contribution in [2.45, 2.75) is 56.8 Å². The first-order valence-corrected chi connectivity index (χ1v) is 8.31. The third-order valence-electron chi connectivity index (χ3n) is 4.85. The minimum Gasteiger partial charge on any atom is -0.484 e. The van der Waals surface area contributed by atoms with E-state index in [0.29, 0.717) is 0 Å². The largest absolute Gasteiger partial charge is 0.484 e. The first-order chi connectivity index (χ1) is 10.2. The third-order valence-corrected chi connectivity index (χ3v) is 5.08. The van der Waals surface area contributed by atoms with Gasteiger partial charge in [-0.25, -0.2) is 0 Å². The lowest BCUT2D eigenvalue weighted by Crippen LogP contribution is -2.54. The van der Waals surface area contributed by atoms with Crippen LogP contribution in [0.4, 0.5) is 0 Å². The molecule has 1 aromatic carbocycles. The molecule has 0 saturated heterocycles. The van der Waals surface area contributed by atoms with Crippen molar-refractivity contribution in [3.63, 3.8) is 0 Å². The summed E-state index contributed by atoms with van der Waals surface area (Å²) in [5.41, 5.74) is 0.983. The first kappa shape index (κ1) is 15.1. The molecule has 1 spiro atoms. The quantitative estimate of drug-likeness (QED) is 0.912. The lowest BCUT2D eigenvalue weighted by molar-refractivity contribution is -0.116. The van der Waals surface area contributed by atoms with Crippen LogP contribution < -0.4 is 10.1 Å². The average Bonchev–Trinajstić information content (AvgIpc) is 2.49. The van der Waals surface area contributed by atoms with E-state index in [-0.39, 0.29) is 17.7 Å². The van der Waals surface area contributed by atoms with Gasteiger partial charge in [0.25, 0.3) is 0 Å². The second-order valence-corrected chi connectivity index (χ2v) is 6.57. The number of hydrogen-bond acceptors (Lipinski definition) is 3. The Morgan fingerprint density at radius 3 is 3.05 bits per heavy atom. The molecule has 4 heteroatoms. The van der Waals surface area contributed by atoms with Crippen molar-refractivity contribution in [3.05, 3.63) is 28.8 Å². The highest BCUT2D eigenvalue weighted by Gasteiger charge is 2.48. The summed E-state index contributed by atoms with van der Waals surface area (Å²) in [6.45, 7) is 3.07. The Balaban J connectivity index is 1.98. The molecule has 0 aromatic heterocycles. The predicted molar refractivity (Wildman–Crippen MR) is 85.1 cm³/mol. The molecule has 3 unspecified atom stereocenters. The van der Waals surface area contributed by atoms with E-state index in [9.17, 15) is 0 Å². The van der Waals surface area contributed by atoms with Crippen LogP contribution in [-0.4, -0.2) is 25.4 Å². The maximum atomic E-state index is 6.47. The number of ether oxygens (including phenoxy) is 2. The number of hydrogen-bond donors (Lipinski definition) is 1. The summed E-state index contributed by atoms with van der Waals surface area (Å²) in [7, 11) is 1.81. The fraction of sp³-hybridized carbons (Fsp3) is 0.647. The SMILES string of the molecule is CCNC1CC2(CCCCC2OC)Oc2ccc(Cl)cc21. The van der Waals surface area contributed by atoms with E-state index in [1.54, 1.807) is 7.11 Å². The van der Waals surface area contributed by atoms with Gasteiger partial charge in [-0.2, -0.15) is 0 Å². The summed E-state index contributed by atoms with van der Waals surface area (Å²) in [5, 5.41) is 4.36. The van der Waals surface area contributed by atoms with Gasteiger partial charge < -0.3 is 14.8 Å². The summed E-state index contributed by atoms with van der Waals surface area (Å²) in [6, 6.07) is 6.23. The monoisotopic (exact) mass is 309 g/mol. The van der Waals surface area contributed by atoms with E-state index in [1.165, 1.54) is 18.4 Å². The maximum Gasteiger partial charge on any atom is 0.137 e. The molecular formula is C17H24ClNO2. The van der Waals surface area contributed by atoms with Gasteiger partial charge in [-0.05, 0) is 44.0 Å². The van der Waals surface area contributed by atoms with Crippen LogP contribution in [0.3, 0.4) is 0 Å². The summed E-state index contributed by atoms with van der Waals surface area (Å²) >= 11 is 6.17. The van der Waals surface area contributed by atoms with E-state index in [0.717, 1.165) is 36.6 Å². The van der Waals surface area contributed by atoms with Gasteiger partial charge in [-0.1, -0.05) is 24.9 Å². The molecule has 1 fully saturated rings. The molecule has 1 aliphatic carbocycles. The van der Waals surface area contributed by atoms with E-state index < -0.39 is 0 Å². The number of fused-ring (bicyclic) bond motifs is 1. The average molecular weight is 310 g/mol. The van der Waals surface area contributed by atoms with Crippen LogP contribution in [0.25, 0.3) is 0 Å². The molecule has 1 saturated carbocycles. The number of benzene rings is 1. The van der Waals surface area contributed by atoms with Crippen LogP contribution in [0.15, 0.2) is 18.2 Å². The highest BCUT2D eigenvalue weighted by Crippen LogP contribution is 2.47. The summed E-state index contributed by atoms with van der Waals surface area (Å²) in [5.74, 6) is 0.959. The van der Waals surface area contributed by atoms with Crippen molar-refractivity contribution >= 4 is 11.6 Å². The van der Waals surface area contributed by atoms with E-state index in [1.807, 2.05) is 18.2 Å². The van der Waals surface area contributed by atoms with Gasteiger partial charge in [0.1, 0.15) is 11.4 Å². The Hall–Kier alpha value is -0.770. The Kier molecular flexibility index (Phi) is 4.43. The van der Waals surface area contributed by atoms with Crippen LogP contribution in [-0.2, 0) is 4.74 Å². The molecule has 1 N–H and O–H groups in total. The third kappa shape index (κ3) is 2.79. The second-order valence-electron chi connectivity index (χ2n) is 6.13. The number of halogens is 1. The molecule has 2 aliphatic rings. The first-order valence-electron chi connectivity index (χ1n) is 7.93. The fourth-order valence-electron chi connectivity index (χ4n) is 3.89. The Labute approximate surface area is 132 Å². The van der Waals surface area contributed by atoms with Crippen molar-refractivity contribution in [2.24, 2.45) is 0 Å². The van der Waals surface area contributed by atoms with Crippen molar-refractivity contribution < 1.29 is 9.47 Å². The topological polar surface area (TPSA) is 30.5 Å². The van der Waals surface area contributed by atoms with E-state index in [2.05, 4.69) is 12.2 Å². The van der Waals surface area contributed by atoms with Crippen molar-refractivity contribution in [2.75, 3.05) is 13.7 Å². The molecule has 116 valence electrons. The highest BCUT2D eigenvalue weighted by molar-refractivity contribution is 6.30. The predicted octanol–water partition coefficient (Wildman–Crippen LogP) is 4.10. The summed E-state index contributed by atoms with van der Waals surface area (Å²) < 4.78 is 12.2. The van der Waals surface area contributed by atoms with Crippen molar-refractivity contribution in [1.29, 1.82) is 0 Å². The molecule has 1 aliphatic heterocycles. The normalized spacial score (nSPS) is 31.8. The number of rotatable bonds is 3. The lowest BCUT2D eigenvalue weighted by Gasteiger charge is -2.48. The standard InChI is InChI=1S/C17H24ClNO2/c1-3-19-14-11-17(9-5-4-6-16(17)20-2)21-15-8-7-12(18)10-13(14)15/h7-8,10,14,16,19H,3-6,9,11H2,1-2H3. The van der Waals surface area contributed by atoms with Gasteiger partial charge in [0.15, 0.2) is 0 Å². The van der Waals surface area contributed by atoms with E-state index >= 15 is 0 Å². The Morgan fingerprint density at radius 2 is 2.29 bits per heavy atom. The van der Waals surface area contributed by atoms with Crippen molar-refractivity contribution in [1.82, 2.24) is 5.32 Å². The van der Waals surface area contributed by atoms with Crippen LogP contribution in [0.5, 0.6) is 5.75 Å². The molecule has 3 rings (SSSR count).